The molecule has 1 saturated heterocycles. The molecule has 0 amide bonds. The molecule has 0 aliphatic carbocycles. The number of nitrogens with zero attached hydrogens (tertiary/aromatic N) is 4. The number of methoxy groups -OCH3 is 2. The first-order valence-electron chi connectivity index (χ1n) is 8.84. The van der Waals surface area contributed by atoms with Crippen LogP contribution in [0.25, 0.3) is 27.5 Å². The number of benzene rings is 1. The number of halogens is 2. The van der Waals surface area contributed by atoms with Crippen LogP contribution in [0.4, 0.5) is 11.8 Å². The van der Waals surface area contributed by atoms with Crippen LogP contribution in [-0.2, 0) is 4.74 Å². The molecular formula is C19H18Cl2N5O3-. The van der Waals surface area contributed by atoms with Gasteiger partial charge < -0.3 is 30.2 Å². The van der Waals surface area contributed by atoms with E-state index in [1.165, 1.54) is 14.2 Å². The predicted molar refractivity (Wildman–Crippen MR) is 113 cm³/mol. The molecule has 4 rings (SSSR count). The minimum absolute atomic E-state index is 0.0112. The summed E-state index contributed by atoms with van der Waals surface area (Å²) in [5.41, 5.74) is 7.30. The fraction of sp³-hybridized carbons (Fsp3) is 0.316. The Hall–Kier alpha value is -2.55. The molecule has 152 valence electrons. The number of aromatic nitrogens is 3. The highest BCUT2D eigenvalue weighted by Crippen LogP contribution is 2.46. The largest absolute Gasteiger partial charge is 0.495 e. The van der Waals surface area contributed by atoms with Crippen LogP contribution in [0.5, 0.6) is 11.5 Å². The van der Waals surface area contributed by atoms with Gasteiger partial charge in [0.25, 0.3) is 0 Å². The normalized spacial score (nSPS) is 16.2. The number of rotatable bonds is 5. The van der Waals surface area contributed by atoms with Crippen molar-refractivity contribution >= 4 is 45.9 Å². The molecule has 1 aliphatic rings. The summed E-state index contributed by atoms with van der Waals surface area (Å²) in [7, 11) is 3.03. The summed E-state index contributed by atoms with van der Waals surface area (Å²) in [6.45, 7) is 1.19. The summed E-state index contributed by atoms with van der Waals surface area (Å²) < 4.78 is 16.2. The molecule has 3 heterocycles. The number of nitrogens with two attached hydrogens (primary N) is 1. The Balaban J connectivity index is 1.94. The summed E-state index contributed by atoms with van der Waals surface area (Å²) in [6.07, 6.45) is 2.43. The van der Waals surface area contributed by atoms with Crippen molar-refractivity contribution in [3.63, 3.8) is 0 Å². The average molecular weight is 435 g/mol. The lowest BCUT2D eigenvalue weighted by Gasteiger charge is -2.24. The monoisotopic (exact) mass is 434 g/mol. The van der Waals surface area contributed by atoms with E-state index in [-0.39, 0.29) is 12.0 Å². The Morgan fingerprint density at radius 2 is 1.86 bits per heavy atom. The molecule has 1 aromatic carbocycles. The Kier molecular flexibility index (Phi) is 5.49. The predicted octanol–water partition coefficient (Wildman–Crippen LogP) is 4.39. The van der Waals surface area contributed by atoms with Gasteiger partial charge >= 0.3 is 0 Å². The third kappa shape index (κ3) is 3.71. The van der Waals surface area contributed by atoms with Crippen molar-refractivity contribution in [2.24, 2.45) is 0 Å². The fourth-order valence-corrected chi connectivity index (χ4v) is 3.86. The van der Waals surface area contributed by atoms with E-state index in [9.17, 15) is 0 Å². The van der Waals surface area contributed by atoms with E-state index >= 15 is 0 Å². The summed E-state index contributed by atoms with van der Waals surface area (Å²) in [4.78, 5) is 13.1. The average Bonchev–Trinajstić information content (AvgIpc) is 3.22. The fourth-order valence-electron chi connectivity index (χ4n) is 3.16. The maximum atomic E-state index is 6.57. The minimum Gasteiger partial charge on any atom is -0.495 e. The van der Waals surface area contributed by atoms with Gasteiger partial charge in [0.2, 0.25) is 5.95 Å². The van der Waals surface area contributed by atoms with Gasteiger partial charge in [0, 0.05) is 36.4 Å². The first-order chi connectivity index (χ1) is 14.0. The molecular weight excluding hydrogens is 417 g/mol. The first-order valence-corrected chi connectivity index (χ1v) is 9.59. The van der Waals surface area contributed by atoms with Gasteiger partial charge in [-0.2, -0.15) is 0 Å². The van der Waals surface area contributed by atoms with Crippen molar-refractivity contribution in [2.45, 2.75) is 12.5 Å². The van der Waals surface area contributed by atoms with Gasteiger partial charge in [0.15, 0.2) is 0 Å². The molecule has 0 bridgehead atoms. The van der Waals surface area contributed by atoms with Crippen LogP contribution >= 0.6 is 23.2 Å². The molecule has 1 fully saturated rings. The van der Waals surface area contributed by atoms with Crippen molar-refractivity contribution in [1.29, 1.82) is 0 Å². The number of pyridine rings is 1. The maximum absolute atomic E-state index is 6.57. The van der Waals surface area contributed by atoms with Crippen LogP contribution in [0.3, 0.4) is 0 Å². The zero-order valence-electron chi connectivity index (χ0n) is 15.8. The number of ether oxygens (including phenoxy) is 3. The lowest BCUT2D eigenvalue weighted by Crippen LogP contribution is -2.05. The molecule has 10 heteroatoms. The van der Waals surface area contributed by atoms with Crippen molar-refractivity contribution < 1.29 is 14.2 Å². The number of hydrogen-bond donors (Lipinski definition) is 1. The van der Waals surface area contributed by atoms with Gasteiger partial charge in [-0.3, -0.25) is 0 Å². The molecule has 3 aromatic rings. The smallest absolute Gasteiger partial charge is 0.220 e. The molecule has 8 nitrogen and oxygen atoms in total. The van der Waals surface area contributed by atoms with E-state index in [1.807, 2.05) is 0 Å². The molecule has 2 aromatic heterocycles. The van der Waals surface area contributed by atoms with Crippen molar-refractivity contribution in [2.75, 3.05) is 33.2 Å². The van der Waals surface area contributed by atoms with Gasteiger partial charge in [0.05, 0.1) is 29.8 Å². The zero-order valence-corrected chi connectivity index (χ0v) is 17.3. The van der Waals surface area contributed by atoms with Crippen molar-refractivity contribution in [1.82, 2.24) is 15.0 Å². The summed E-state index contributed by atoms with van der Waals surface area (Å²) in [5.74, 6) is 1.41. The molecule has 29 heavy (non-hydrogen) atoms. The van der Waals surface area contributed by atoms with Gasteiger partial charge in [-0.15, -0.1) is 0 Å². The number of anilines is 1. The molecule has 0 spiro atoms. The SMILES string of the molecule is COc1cc(OC)c(Cl)c(-c2cc3cnc(N)nc3c([N-]C3CCOC3)n2)c1Cl. The molecule has 1 unspecified atom stereocenters. The lowest BCUT2D eigenvalue weighted by atomic mass is 10.1. The lowest BCUT2D eigenvalue weighted by molar-refractivity contribution is 0.196. The van der Waals surface area contributed by atoms with E-state index < -0.39 is 0 Å². The van der Waals surface area contributed by atoms with Crippen LogP contribution in [0, 0.1) is 0 Å². The van der Waals surface area contributed by atoms with Crippen LogP contribution in [-0.4, -0.2) is 48.4 Å². The minimum atomic E-state index is -0.0112. The van der Waals surface area contributed by atoms with Crippen LogP contribution in [0.15, 0.2) is 18.3 Å². The van der Waals surface area contributed by atoms with Gasteiger partial charge in [-0.25, -0.2) is 9.97 Å². The summed E-state index contributed by atoms with van der Waals surface area (Å²) in [5, 5.41) is 6.06. The molecule has 1 aliphatic heterocycles. The zero-order chi connectivity index (χ0) is 20.5. The molecule has 0 saturated carbocycles. The highest BCUT2D eigenvalue weighted by Gasteiger charge is 2.19. The maximum Gasteiger partial charge on any atom is 0.220 e. The third-order valence-electron chi connectivity index (χ3n) is 4.61. The van der Waals surface area contributed by atoms with Gasteiger partial charge in [-0.1, -0.05) is 23.2 Å². The Morgan fingerprint density at radius 1 is 1.14 bits per heavy atom. The van der Waals surface area contributed by atoms with E-state index in [0.717, 1.165) is 6.42 Å². The van der Waals surface area contributed by atoms with E-state index in [2.05, 4.69) is 9.97 Å². The van der Waals surface area contributed by atoms with E-state index in [4.69, 9.17) is 53.4 Å². The summed E-state index contributed by atoms with van der Waals surface area (Å²) >= 11 is 13.1. The van der Waals surface area contributed by atoms with Crippen molar-refractivity contribution in [3.8, 4) is 22.8 Å². The first kappa shape index (κ1) is 19.8. The standard InChI is InChI=1S/C19H18Cl2N5O3/c1-27-12-6-13(28-2)16(21)14(15(12)20)11-5-9-7-23-19(22)26-17(9)18(25-11)24-10-3-4-29-8-10/h5-7,10H,3-4,8H2,1-2H3,(H2-,22,23,24,25,26)/q-1. The topological polar surface area (TPSA) is 106 Å². The van der Waals surface area contributed by atoms with E-state index in [0.29, 0.717) is 62.7 Å². The molecule has 0 radical (unpaired) electrons. The van der Waals surface area contributed by atoms with Gasteiger partial charge in [0.1, 0.15) is 11.5 Å². The second-order valence-corrected chi connectivity index (χ2v) is 7.18. The van der Waals surface area contributed by atoms with E-state index in [1.54, 1.807) is 18.3 Å². The van der Waals surface area contributed by atoms with Crippen LogP contribution in [0.1, 0.15) is 6.42 Å². The van der Waals surface area contributed by atoms with Crippen molar-refractivity contribution in [3.05, 3.63) is 33.7 Å². The number of nitrogen functional groups attached to an aromatic ring is 1. The highest BCUT2D eigenvalue weighted by molar-refractivity contribution is 6.41. The highest BCUT2D eigenvalue weighted by atomic mass is 35.5. The number of hydrogen-bond acceptors (Lipinski definition) is 7. The Morgan fingerprint density at radius 3 is 2.48 bits per heavy atom. The molecule has 2 N–H and O–H groups in total. The second-order valence-electron chi connectivity index (χ2n) is 6.43. The number of fused-ring (bicyclic) bond motifs is 1. The quantitative estimate of drug-likeness (QED) is 0.633. The second kappa shape index (κ2) is 8.06. The van der Waals surface area contributed by atoms with Crippen LogP contribution < -0.4 is 15.2 Å². The molecule has 1 atom stereocenters. The Labute approximate surface area is 177 Å². The van der Waals surface area contributed by atoms with Crippen LogP contribution in [0.2, 0.25) is 10.0 Å². The third-order valence-corrected chi connectivity index (χ3v) is 5.36. The van der Waals surface area contributed by atoms with Gasteiger partial charge in [-0.05, 0) is 30.0 Å². The Bertz CT molecular complexity index is 1050. The summed E-state index contributed by atoms with van der Waals surface area (Å²) in [6, 6.07) is 3.40.